The number of carbonyl (C=O) groups is 5. The summed E-state index contributed by atoms with van der Waals surface area (Å²) in [5.74, 6) is -5.35. The van der Waals surface area contributed by atoms with E-state index < -0.39 is 112 Å². The first-order valence-electron chi connectivity index (χ1n) is 22.2. The van der Waals surface area contributed by atoms with Gasteiger partial charge in [-0.3, -0.25) is 14.5 Å². The third-order valence-electron chi connectivity index (χ3n) is 14.2. The van der Waals surface area contributed by atoms with E-state index in [0.29, 0.717) is 31.9 Å². The predicted molar refractivity (Wildman–Crippen MR) is 230 cm³/mol. The van der Waals surface area contributed by atoms with Crippen molar-refractivity contribution < 1.29 is 72.8 Å². The second-order valence-electron chi connectivity index (χ2n) is 19.7. The first-order chi connectivity index (χ1) is 30.5. The molecule has 11 atom stereocenters. The number of ketones is 1. The molecule has 2 saturated carbocycles. The van der Waals surface area contributed by atoms with Gasteiger partial charge in [0.15, 0.2) is 5.78 Å². The number of nitrogens with one attached hydrogen (secondary N) is 1. The molecule has 2 saturated heterocycles. The van der Waals surface area contributed by atoms with Gasteiger partial charge in [-0.15, -0.1) is 0 Å². The molecule has 17 nitrogen and oxygen atoms in total. The van der Waals surface area contributed by atoms with Crippen LogP contribution < -0.4 is 5.32 Å². The van der Waals surface area contributed by atoms with Crippen LogP contribution >= 0.6 is 0 Å². The standard InChI is InChI=1S/C48H62N2O15/c1-27-30(62-42(56)37(63-33(52)18-19-50-20-22-60-23-21-50)35(28-14-10-8-11-15-28)49-43(57)65-44(2,3)4)25-48(59)40(64-41(55)29-16-12-9-13-17-29)38-46(7,31(51)24-32-47(38,58)26-61-32)39(54)36(53)34(27)45(48,5)6/h8-17,30-32,35-38,40,51,53,58-59H,18-26H2,1-7H3,(H,49,57)/t30-,31-,32+,35-,36+,37+,38?,40-,46+,47-,48+/m0/s1. The second kappa shape index (κ2) is 18.1. The lowest BCUT2D eigenvalue weighted by Crippen LogP contribution is -2.81. The fourth-order valence-corrected chi connectivity index (χ4v) is 10.5. The van der Waals surface area contributed by atoms with Crippen molar-refractivity contribution in [2.45, 2.75) is 127 Å². The zero-order chi connectivity index (χ0) is 47.3. The molecule has 2 heterocycles. The third kappa shape index (κ3) is 8.96. The number of ether oxygens (including phenoxy) is 6. The van der Waals surface area contributed by atoms with Gasteiger partial charge in [0.05, 0.1) is 49.4 Å². The molecule has 354 valence electrons. The van der Waals surface area contributed by atoms with E-state index in [1.807, 2.05) is 4.90 Å². The SMILES string of the molecule is CC1=C2[C@@H](O)C(=O)[C@@]3(C)C([C@H](OC(=O)c4ccccc4)[C@](O)(C[C@@H]1OC(=O)[C@H](OC(=O)CCN1CCOCC1)[C@@H](NC(=O)OC(C)(C)C)c1ccccc1)C2(C)C)[C@]1(O)CO[C@@H]1C[C@@H]3O. The summed E-state index contributed by atoms with van der Waals surface area (Å²) < 4.78 is 35.3. The maximum atomic E-state index is 15.0. The van der Waals surface area contributed by atoms with Crippen LogP contribution in [0.3, 0.4) is 0 Å². The van der Waals surface area contributed by atoms with E-state index in [1.54, 1.807) is 83.1 Å². The van der Waals surface area contributed by atoms with E-state index in [1.165, 1.54) is 26.0 Å². The van der Waals surface area contributed by atoms with E-state index in [-0.39, 0.29) is 42.7 Å². The molecule has 5 aliphatic rings. The number of aliphatic hydroxyl groups excluding tert-OH is 2. The smallest absolute Gasteiger partial charge is 0.408 e. The molecule has 5 N–H and O–H groups in total. The average Bonchev–Trinajstić information content (AvgIpc) is 3.26. The van der Waals surface area contributed by atoms with Crippen LogP contribution in [0.2, 0.25) is 0 Å². The Hall–Kier alpha value is -4.75. The minimum atomic E-state index is -2.37. The second-order valence-corrected chi connectivity index (χ2v) is 19.7. The highest BCUT2D eigenvalue weighted by Crippen LogP contribution is 2.63. The molecule has 17 heteroatoms. The molecular weight excluding hydrogens is 845 g/mol. The summed E-state index contributed by atoms with van der Waals surface area (Å²) in [5.41, 5.74) is -8.39. The molecule has 65 heavy (non-hydrogen) atoms. The molecule has 3 aliphatic carbocycles. The summed E-state index contributed by atoms with van der Waals surface area (Å²) in [7, 11) is 0. The zero-order valence-electron chi connectivity index (χ0n) is 38.0. The highest BCUT2D eigenvalue weighted by atomic mass is 16.6. The van der Waals surface area contributed by atoms with Gasteiger partial charge in [0.25, 0.3) is 0 Å². The number of rotatable bonds is 11. The number of esters is 3. The van der Waals surface area contributed by atoms with Gasteiger partial charge < -0.3 is 54.2 Å². The Labute approximate surface area is 378 Å². The molecule has 0 spiro atoms. The van der Waals surface area contributed by atoms with Crippen molar-refractivity contribution >= 4 is 29.8 Å². The van der Waals surface area contributed by atoms with Crippen molar-refractivity contribution in [3.8, 4) is 0 Å². The van der Waals surface area contributed by atoms with E-state index >= 15 is 0 Å². The number of fused-ring (bicyclic) bond motifs is 5. The minimum Gasteiger partial charge on any atom is -0.455 e. The normalized spacial score (nSPS) is 33.1. The van der Waals surface area contributed by atoms with E-state index in [9.17, 15) is 44.4 Å². The van der Waals surface area contributed by atoms with Gasteiger partial charge in [-0.25, -0.2) is 14.4 Å². The molecular formula is C48H62N2O15. The lowest BCUT2D eigenvalue weighted by atomic mass is 9.44. The number of benzene rings is 2. The molecule has 2 aromatic carbocycles. The molecule has 4 fully saturated rings. The number of amides is 1. The van der Waals surface area contributed by atoms with Crippen LogP contribution in [0.4, 0.5) is 4.79 Å². The topological polar surface area (TPSA) is 237 Å². The Bertz CT molecular complexity index is 2150. The van der Waals surface area contributed by atoms with Crippen molar-refractivity contribution in [3.05, 3.63) is 82.9 Å². The maximum Gasteiger partial charge on any atom is 0.408 e. The number of carbonyl (C=O) groups excluding carboxylic acids is 5. The van der Waals surface area contributed by atoms with Crippen LogP contribution in [-0.4, -0.2) is 148 Å². The van der Waals surface area contributed by atoms with Crippen LogP contribution in [0.15, 0.2) is 71.8 Å². The minimum absolute atomic E-state index is 0.0637. The van der Waals surface area contributed by atoms with Crippen LogP contribution in [0.25, 0.3) is 0 Å². The number of hydrogen-bond acceptors (Lipinski definition) is 16. The average molecular weight is 907 g/mol. The van der Waals surface area contributed by atoms with Crippen molar-refractivity contribution in [1.82, 2.24) is 10.2 Å². The van der Waals surface area contributed by atoms with E-state index in [2.05, 4.69) is 5.32 Å². The number of hydrogen-bond donors (Lipinski definition) is 5. The lowest BCUT2D eigenvalue weighted by molar-refractivity contribution is -0.343. The first kappa shape index (κ1) is 48.2. The van der Waals surface area contributed by atoms with E-state index in [0.717, 1.165) is 0 Å². The highest BCUT2D eigenvalue weighted by Gasteiger charge is 2.76. The molecule has 2 aliphatic heterocycles. The Morgan fingerprint density at radius 2 is 1.57 bits per heavy atom. The Morgan fingerprint density at radius 1 is 0.938 bits per heavy atom. The monoisotopic (exact) mass is 906 g/mol. The van der Waals surface area contributed by atoms with Gasteiger partial charge in [0.2, 0.25) is 6.10 Å². The summed E-state index contributed by atoms with van der Waals surface area (Å²) in [4.78, 5) is 73.3. The molecule has 0 radical (unpaired) electrons. The fourth-order valence-electron chi connectivity index (χ4n) is 10.5. The molecule has 1 amide bonds. The molecule has 1 unspecified atom stereocenters. The van der Waals surface area contributed by atoms with Crippen molar-refractivity contribution in [1.29, 1.82) is 0 Å². The Kier molecular flexibility index (Phi) is 13.5. The van der Waals surface area contributed by atoms with Gasteiger partial charge in [-0.05, 0) is 63.5 Å². The lowest BCUT2D eigenvalue weighted by Gasteiger charge is -2.66. The summed E-state index contributed by atoms with van der Waals surface area (Å²) in [6.45, 7) is 13.1. The quantitative estimate of drug-likeness (QED) is 0.124. The summed E-state index contributed by atoms with van der Waals surface area (Å²) in [5, 5.41) is 52.7. The zero-order valence-corrected chi connectivity index (χ0v) is 38.0. The summed E-state index contributed by atoms with van der Waals surface area (Å²) >= 11 is 0. The largest absolute Gasteiger partial charge is 0.455 e. The maximum absolute atomic E-state index is 15.0. The van der Waals surface area contributed by atoms with Crippen molar-refractivity contribution in [2.75, 3.05) is 39.5 Å². The van der Waals surface area contributed by atoms with Gasteiger partial charge in [0, 0.05) is 43.8 Å². The number of aliphatic hydroxyl groups is 4. The van der Waals surface area contributed by atoms with Crippen LogP contribution in [-0.2, 0) is 42.8 Å². The molecule has 2 aromatic rings. The first-order valence-corrected chi connectivity index (χ1v) is 22.2. The van der Waals surface area contributed by atoms with E-state index in [4.69, 9.17) is 28.4 Å². The molecule has 2 bridgehead atoms. The van der Waals surface area contributed by atoms with Crippen LogP contribution in [0, 0.1) is 16.7 Å². The fraction of sp³-hybridized carbons (Fsp3) is 0.604. The van der Waals surface area contributed by atoms with Crippen LogP contribution in [0.1, 0.15) is 89.7 Å². The van der Waals surface area contributed by atoms with Gasteiger partial charge in [-0.1, -0.05) is 62.4 Å². The molecule has 7 rings (SSSR count). The Morgan fingerprint density at radius 3 is 2.17 bits per heavy atom. The van der Waals surface area contributed by atoms with Gasteiger partial charge in [0.1, 0.15) is 41.2 Å². The summed E-state index contributed by atoms with van der Waals surface area (Å²) in [6.07, 6.45) is -11.5. The number of Topliss-reactive ketones (excluding diaryl/α,β-unsaturated/α-hetero) is 1. The number of nitrogens with zero attached hydrogens (tertiary/aromatic N) is 1. The van der Waals surface area contributed by atoms with Crippen molar-refractivity contribution in [2.24, 2.45) is 16.7 Å². The van der Waals surface area contributed by atoms with Gasteiger partial charge in [-0.2, -0.15) is 0 Å². The molecule has 0 aromatic heterocycles. The van der Waals surface area contributed by atoms with Crippen LogP contribution in [0.5, 0.6) is 0 Å². The predicted octanol–water partition coefficient (Wildman–Crippen LogP) is 2.96. The third-order valence-corrected chi connectivity index (χ3v) is 14.2. The summed E-state index contributed by atoms with van der Waals surface area (Å²) in [6, 6.07) is 14.8. The van der Waals surface area contributed by atoms with Gasteiger partial charge >= 0.3 is 24.0 Å². The highest BCUT2D eigenvalue weighted by molar-refractivity contribution is 5.94. The Balaban J connectivity index is 1.32. The number of alkyl carbamates (subject to hydrolysis) is 1. The number of morpholine rings is 1. The van der Waals surface area contributed by atoms with Crippen molar-refractivity contribution in [3.63, 3.8) is 0 Å².